The minimum Gasteiger partial charge on any atom is -0.488 e. The van der Waals surface area contributed by atoms with Crippen molar-refractivity contribution in [3.63, 3.8) is 0 Å². The number of rotatable bonds is 5. The van der Waals surface area contributed by atoms with Crippen LogP contribution in [0.15, 0.2) is 72.9 Å². The Morgan fingerprint density at radius 3 is 2.58 bits per heavy atom. The third-order valence-corrected chi connectivity index (χ3v) is 7.08. The van der Waals surface area contributed by atoms with Crippen molar-refractivity contribution < 1.29 is 17.9 Å². The lowest BCUT2D eigenvalue weighted by Crippen LogP contribution is -2.41. The Hall–Kier alpha value is -4.14. The number of nitrogens with zero attached hydrogens (tertiary/aromatic N) is 5. The van der Waals surface area contributed by atoms with Gasteiger partial charge in [0, 0.05) is 24.0 Å². The molecule has 1 unspecified atom stereocenters. The third-order valence-electron chi connectivity index (χ3n) is 7.08. The summed E-state index contributed by atoms with van der Waals surface area (Å²) in [6.45, 7) is 2.88. The third kappa shape index (κ3) is 4.64. The van der Waals surface area contributed by atoms with Crippen LogP contribution in [0.3, 0.4) is 0 Å². The lowest BCUT2D eigenvalue weighted by Gasteiger charge is -2.35. The van der Waals surface area contributed by atoms with Gasteiger partial charge in [0.05, 0.1) is 23.3 Å². The molecule has 1 aliphatic heterocycles. The fourth-order valence-electron chi connectivity index (χ4n) is 5.05. The number of pyridine rings is 2. The van der Waals surface area contributed by atoms with Crippen LogP contribution >= 0.6 is 0 Å². The average molecular weight is 518 g/mol. The lowest BCUT2D eigenvalue weighted by molar-refractivity contribution is -0.175. The first-order valence-electron chi connectivity index (χ1n) is 12.6. The Morgan fingerprint density at radius 2 is 1.76 bits per heavy atom. The van der Waals surface area contributed by atoms with Crippen molar-refractivity contribution in [3.05, 3.63) is 84.1 Å². The summed E-state index contributed by atoms with van der Waals surface area (Å²) in [5, 5.41) is 5.57. The molecule has 0 bridgehead atoms. The van der Waals surface area contributed by atoms with Crippen LogP contribution in [0.5, 0.6) is 5.75 Å². The summed E-state index contributed by atoms with van der Waals surface area (Å²) in [6, 6.07) is 21.3. The number of piperidine rings is 1. The van der Waals surface area contributed by atoms with E-state index in [0.29, 0.717) is 42.4 Å². The zero-order chi connectivity index (χ0) is 26.3. The van der Waals surface area contributed by atoms with Gasteiger partial charge in [0.15, 0.2) is 5.65 Å². The van der Waals surface area contributed by atoms with Gasteiger partial charge in [0.1, 0.15) is 18.1 Å². The number of para-hydroxylation sites is 1. The Labute approximate surface area is 217 Å². The van der Waals surface area contributed by atoms with Crippen molar-refractivity contribution in [2.24, 2.45) is 5.92 Å². The van der Waals surface area contributed by atoms with E-state index in [9.17, 15) is 13.2 Å². The molecule has 2 aromatic carbocycles. The van der Waals surface area contributed by atoms with Crippen LogP contribution in [0.25, 0.3) is 28.1 Å². The van der Waals surface area contributed by atoms with E-state index in [2.05, 4.69) is 10.1 Å². The highest BCUT2D eigenvalue weighted by Gasteiger charge is 2.41. The fourth-order valence-corrected chi connectivity index (χ4v) is 5.05. The number of hydrogen-bond donors (Lipinski definition) is 0. The zero-order valence-electron chi connectivity index (χ0n) is 20.8. The monoisotopic (exact) mass is 517 g/mol. The molecule has 0 N–H and O–H groups in total. The Morgan fingerprint density at radius 1 is 0.974 bits per heavy atom. The fraction of sp³-hybridized carbons (Fsp3) is 0.276. The summed E-state index contributed by atoms with van der Waals surface area (Å²) in [5.41, 5.74) is 4.53. The molecule has 4 heterocycles. The molecule has 0 saturated carbocycles. The van der Waals surface area contributed by atoms with Gasteiger partial charge in [-0.2, -0.15) is 13.2 Å². The summed E-state index contributed by atoms with van der Waals surface area (Å²) in [4.78, 5) is 11.3. The number of halogens is 3. The Bertz CT molecular complexity index is 1600. The predicted octanol–water partition coefficient (Wildman–Crippen LogP) is 6.61. The number of hydrogen-bond acceptors (Lipinski definition) is 5. The molecule has 6 rings (SSSR count). The average Bonchev–Trinajstić information content (AvgIpc) is 3.36. The number of alkyl halides is 3. The second-order valence-corrected chi connectivity index (χ2v) is 9.66. The molecule has 1 atom stereocenters. The van der Waals surface area contributed by atoms with E-state index in [4.69, 9.17) is 9.72 Å². The van der Waals surface area contributed by atoms with Crippen molar-refractivity contribution in [1.29, 1.82) is 0 Å². The first-order chi connectivity index (χ1) is 18.4. The Balaban J connectivity index is 1.35. The van der Waals surface area contributed by atoms with Crippen LogP contribution in [0.4, 0.5) is 18.9 Å². The molecule has 38 heavy (non-hydrogen) atoms. The molecular formula is C29H26F3N5O. The van der Waals surface area contributed by atoms with Crippen molar-refractivity contribution in [1.82, 2.24) is 19.6 Å². The van der Waals surface area contributed by atoms with Crippen molar-refractivity contribution in [3.8, 4) is 17.3 Å². The number of benzene rings is 2. The standard InChI is InChI=1S/C29H26F3N5O/c1-19-26(33-24-12-6-5-11-23(24)27(19)38-18-20-8-3-2-4-9-20)28-34-25-14-13-22(17-37(25)35-28)36-15-7-10-21(16-36)29(30,31)32/h2-6,8-9,11-14,17,21H,7,10,15-16,18H2,1H3. The molecule has 1 aliphatic rings. The molecule has 1 saturated heterocycles. The van der Waals surface area contributed by atoms with Crippen LogP contribution in [-0.2, 0) is 6.61 Å². The maximum atomic E-state index is 13.3. The normalized spacial score (nSPS) is 16.3. The molecule has 0 aliphatic carbocycles. The molecule has 1 fully saturated rings. The largest absolute Gasteiger partial charge is 0.488 e. The molecule has 6 nitrogen and oxygen atoms in total. The summed E-state index contributed by atoms with van der Waals surface area (Å²) in [5.74, 6) is -0.167. The van der Waals surface area contributed by atoms with Crippen LogP contribution in [0.2, 0.25) is 0 Å². The van der Waals surface area contributed by atoms with Crippen molar-refractivity contribution >= 4 is 22.2 Å². The predicted molar refractivity (Wildman–Crippen MR) is 140 cm³/mol. The minimum atomic E-state index is -4.19. The van der Waals surface area contributed by atoms with Gasteiger partial charge in [0.25, 0.3) is 0 Å². The molecule has 0 radical (unpaired) electrons. The second kappa shape index (κ2) is 9.63. The van der Waals surface area contributed by atoms with Crippen molar-refractivity contribution in [2.75, 3.05) is 18.0 Å². The van der Waals surface area contributed by atoms with Gasteiger partial charge in [-0.1, -0.05) is 42.5 Å². The van der Waals surface area contributed by atoms with Gasteiger partial charge in [-0.25, -0.2) is 14.5 Å². The molecule has 0 spiro atoms. The van der Waals surface area contributed by atoms with Gasteiger partial charge in [-0.3, -0.25) is 0 Å². The summed E-state index contributed by atoms with van der Waals surface area (Å²) in [6.07, 6.45) is -1.79. The van der Waals surface area contributed by atoms with E-state index < -0.39 is 12.1 Å². The number of aromatic nitrogens is 4. The maximum absolute atomic E-state index is 13.3. The smallest absolute Gasteiger partial charge is 0.393 e. The van der Waals surface area contributed by atoms with E-state index in [1.807, 2.05) is 67.6 Å². The van der Waals surface area contributed by atoms with Gasteiger partial charge < -0.3 is 9.64 Å². The highest BCUT2D eigenvalue weighted by Crippen LogP contribution is 2.36. The van der Waals surface area contributed by atoms with E-state index >= 15 is 0 Å². The first-order valence-corrected chi connectivity index (χ1v) is 12.6. The number of fused-ring (bicyclic) bond motifs is 2. The number of anilines is 1. The molecule has 3 aromatic heterocycles. The summed E-state index contributed by atoms with van der Waals surface area (Å²) in [7, 11) is 0. The molecular weight excluding hydrogens is 491 g/mol. The van der Waals surface area contributed by atoms with Gasteiger partial charge in [0.2, 0.25) is 5.82 Å². The van der Waals surface area contributed by atoms with Crippen LogP contribution in [0, 0.1) is 12.8 Å². The lowest BCUT2D eigenvalue weighted by atomic mass is 9.97. The van der Waals surface area contributed by atoms with Gasteiger partial charge in [-0.05, 0) is 49.6 Å². The summed E-state index contributed by atoms with van der Waals surface area (Å²) >= 11 is 0. The van der Waals surface area contributed by atoms with E-state index in [1.54, 1.807) is 21.7 Å². The van der Waals surface area contributed by atoms with Crippen LogP contribution in [-0.4, -0.2) is 38.8 Å². The van der Waals surface area contributed by atoms with Crippen molar-refractivity contribution in [2.45, 2.75) is 32.5 Å². The van der Waals surface area contributed by atoms with E-state index in [-0.39, 0.29) is 13.0 Å². The molecule has 0 amide bonds. The number of ether oxygens (including phenoxy) is 1. The SMILES string of the molecule is Cc1c(-c2nc3ccc(N4CCCC(C(F)(F)F)C4)cn3n2)nc2ccccc2c1OCc1ccccc1. The maximum Gasteiger partial charge on any atom is 0.393 e. The van der Waals surface area contributed by atoms with Crippen LogP contribution in [0.1, 0.15) is 24.0 Å². The minimum absolute atomic E-state index is 0.0516. The van der Waals surface area contributed by atoms with E-state index in [0.717, 1.165) is 27.8 Å². The summed E-state index contributed by atoms with van der Waals surface area (Å²) < 4.78 is 47.9. The quantitative estimate of drug-likeness (QED) is 0.263. The van der Waals surface area contributed by atoms with Crippen LogP contribution < -0.4 is 9.64 Å². The zero-order valence-corrected chi connectivity index (χ0v) is 20.8. The Kier molecular flexibility index (Phi) is 6.13. The molecule has 9 heteroatoms. The highest BCUT2D eigenvalue weighted by molar-refractivity contribution is 5.89. The first kappa shape index (κ1) is 24.2. The molecule has 194 valence electrons. The van der Waals surface area contributed by atoms with Gasteiger partial charge in [-0.15, -0.1) is 5.10 Å². The second-order valence-electron chi connectivity index (χ2n) is 9.66. The molecule has 5 aromatic rings. The topological polar surface area (TPSA) is 55.6 Å². The highest BCUT2D eigenvalue weighted by atomic mass is 19.4. The van der Waals surface area contributed by atoms with Gasteiger partial charge >= 0.3 is 6.18 Å². The van der Waals surface area contributed by atoms with E-state index in [1.165, 1.54) is 0 Å².